The second-order valence-electron chi connectivity index (χ2n) is 6.11. The van der Waals surface area contributed by atoms with E-state index < -0.39 is 0 Å². The lowest BCUT2D eigenvalue weighted by Crippen LogP contribution is -2.04. The monoisotopic (exact) mass is 378 g/mol. The van der Waals surface area contributed by atoms with E-state index in [2.05, 4.69) is 32.5 Å². The van der Waals surface area contributed by atoms with Crippen molar-refractivity contribution in [2.75, 3.05) is 0 Å². The van der Waals surface area contributed by atoms with Crippen molar-refractivity contribution in [3.05, 3.63) is 76.0 Å². The lowest BCUT2D eigenvalue weighted by molar-refractivity contribution is 0.573. The number of hydrogen-bond donors (Lipinski definition) is 1. The molecule has 0 aliphatic heterocycles. The molecule has 3 aromatic heterocycles. The second-order valence-corrected chi connectivity index (χ2v) is 6.50. The molecule has 0 amide bonds. The number of nitrogens with zero attached hydrogens (tertiary/aromatic N) is 5. The zero-order chi connectivity index (χ0) is 18.8. The van der Waals surface area contributed by atoms with E-state index in [1.165, 1.54) is 5.56 Å². The van der Waals surface area contributed by atoms with Crippen molar-refractivity contribution in [1.29, 1.82) is 0 Å². The van der Waals surface area contributed by atoms with Gasteiger partial charge in [-0.25, -0.2) is 5.10 Å². The van der Waals surface area contributed by atoms with Crippen LogP contribution in [0.1, 0.15) is 22.5 Å². The van der Waals surface area contributed by atoms with Crippen molar-refractivity contribution in [2.45, 2.75) is 20.4 Å². The summed E-state index contributed by atoms with van der Waals surface area (Å²) in [7, 11) is 0. The highest BCUT2D eigenvalue weighted by molar-refractivity contribution is 7.71. The normalized spacial score (nSPS) is 11.5. The van der Waals surface area contributed by atoms with Crippen LogP contribution in [0.25, 0.3) is 11.6 Å². The number of nitrogens with one attached hydrogen (secondary N) is 1. The van der Waals surface area contributed by atoms with E-state index in [0.29, 0.717) is 22.9 Å². The zero-order valence-electron chi connectivity index (χ0n) is 15.0. The fourth-order valence-electron chi connectivity index (χ4n) is 2.89. The van der Waals surface area contributed by atoms with Gasteiger partial charge in [0.05, 0.1) is 24.7 Å². The highest BCUT2D eigenvalue weighted by Gasteiger charge is 2.13. The Morgan fingerprint density at radius 1 is 1.19 bits per heavy atom. The van der Waals surface area contributed by atoms with E-state index in [1.807, 2.05) is 42.8 Å². The first-order chi connectivity index (χ1) is 13.1. The minimum absolute atomic E-state index is 0.393. The summed E-state index contributed by atoms with van der Waals surface area (Å²) >= 11 is 5.29. The van der Waals surface area contributed by atoms with Crippen LogP contribution in [0.3, 0.4) is 0 Å². The summed E-state index contributed by atoms with van der Waals surface area (Å²) in [6, 6.07) is 13.8. The fourth-order valence-corrected chi connectivity index (χ4v) is 3.07. The Kier molecular flexibility index (Phi) is 4.55. The minimum Gasteiger partial charge on any atom is -0.461 e. The Bertz CT molecular complexity index is 1140. The van der Waals surface area contributed by atoms with Gasteiger partial charge in [-0.2, -0.15) is 14.9 Å². The smallest absolute Gasteiger partial charge is 0.219 e. The number of rotatable bonds is 5. The molecular formula is C19H18N6OS. The van der Waals surface area contributed by atoms with E-state index >= 15 is 0 Å². The molecule has 0 atom stereocenters. The molecule has 27 heavy (non-hydrogen) atoms. The van der Waals surface area contributed by atoms with E-state index in [-0.39, 0.29) is 0 Å². The molecule has 0 aliphatic carbocycles. The van der Waals surface area contributed by atoms with Crippen LogP contribution in [0, 0.1) is 18.6 Å². The van der Waals surface area contributed by atoms with Crippen LogP contribution in [0.4, 0.5) is 0 Å². The number of aromatic amines is 1. The molecular weight excluding hydrogens is 360 g/mol. The Hall–Kier alpha value is -3.26. The summed E-state index contributed by atoms with van der Waals surface area (Å²) in [4.78, 5) is 0. The SMILES string of the molecule is Cc1nn(Cc2ccccc2)c(C)c1/C=N\n1c(-c2ccco2)n[nH]c1=S. The molecule has 136 valence electrons. The van der Waals surface area contributed by atoms with Gasteiger partial charge in [0, 0.05) is 11.3 Å². The van der Waals surface area contributed by atoms with Gasteiger partial charge >= 0.3 is 0 Å². The maximum absolute atomic E-state index is 5.40. The average Bonchev–Trinajstić information content (AvgIpc) is 3.37. The Labute approximate surface area is 161 Å². The largest absolute Gasteiger partial charge is 0.461 e. The lowest BCUT2D eigenvalue weighted by Gasteiger charge is -2.04. The summed E-state index contributed by atoms with van der Waals surface area (Å²) < 4.78 is 9.32. The third-order valence-corrected chi connectivity index (χ3v) is 4.57. The number of hydrogen-bond acceptors (Lipinski definition) is 5. The first-order valence-corrected chi connectivity index (χ1v) is 8.88. The van der Waals surface area contributed by atoms with Gasteiger partial charge in [-0.15, -0.1) is 5.10 Å². The van der Waals surface area contributed by atoms with Crippen LogP contribution in [0.5, 0.6) is 0 Å². The van der Waals surface area contributed by atoms with E-state index in [4.69, 9.17) is 16.6 Å². The van der Waals surface area contributed by atoms with Gasteiger partial charge in [-0.3, -0.25) is 4.68 Å². The lowest BCUT2D eigenvalue weighted by atomic mass is 10.2. The van der Waals surface area contributed by atoms with Gasteiger partial charge in [0.2, 0.25) is 10.6 Å². The van der Waals surface area contributed by atoms with E-state index in [0.717, 1.165) is 17.0 Å². The third-order valence-electron chi connectivity index (χ3n) is 4.31. The van der Waals surface area contributed by atoms with Gasteiger partial charge in [-0.05, 0) is 43.8 Å². The van der Waals surface area contributed by atoms with Crippen molar-refractivity contribution < 1.29 is 4.42 Å². The quantitative estimate of drug-likeness (QED) is 0.421. The molecule has 8 heteroatoms. The first kappa shape index (κ1) is 17.2. The molecule has 7 nitrogen and oxygen atoms in total. The molecule has 0 spiro atoms. The first-order valence-electron chi connectivity index (χ1n) is 8.47. The van der Waals surface area contributed by atoms with Gasteiger partial charge in [0.15, 0.2) is 5.76 Å². The van der Waals surface area contributed by atoms with Crippen LogP contribution in [0.15, 0.2) is 58.2 Å². The summed E-state index contributed by atoms with van der Waals surface area (Å²) in [5, 5.41) is 16.1. The minimum atomic E-state index is 0.393. The Morgan fingerprint density at radius 3 is 2.74 bits per heavy atom. The summed E-state index contributed by atoms with van der Waals surface area (Å²) in [5.74, 6) is 1.11. The molecule has 3 heterocycles. The molecule has 0 radical (unpaired) electrons. The Balaban J connectivity index is 1.66. The predicted octanol–water partition coefficient (Wildman–Crippen LogP) is 3.94. The van der Waals surface area contributed by atoms with Crippen LogP contribution in [-0.2, 0) is 6.54 Å². The average molecular weight is 378 g/mol. The van der Waals surface area contributed by atoms with Crippen molar-refractivity contribution in [1.82, 2.24) is 24.7 Å². The predicted molar refractivity (Wildman–Crippen MR) is 105 cm³/mol. The van der Waals surface area contributed by atoms with Crippen LogP contribution < -0.4 is 0 Å². The molecule has 0 aliphatic rings. The van der Waals surface area contributed by atoms with Crippen molar-refractivity contribution in [2.24, 2.45) is 5.10 Å². The fraction of sp³-hybridized carbons (Fsp3) is 0.158. The molecule has 0 saturated heterocycles. The molecule has 0 bridgehead atoms. The van der Waals surface area contributed by atoms with Crippen molar-refractivity contribution in [3.63, 3.8) is 0 Å². The standard InChI is InChI=1S/C19H18N6OS/c1-13-16(14(2)24(23-13)12-15-7-4-3-5-8-15)11-20-25-18(21-22-19(25)27)17-9-6-10-26-17/h3-11H,12H2,1-2H3,(H,22,27)/b20-11-. The highest BCUT2D eigenvalue weighted by atomic mass is 32.1. The van der Waals surface area contributed by atoms with Crippen LogP contribution in [-0.4, -0.2) is 30.9 Å². The zero-order valence-corrected chi connectivity index (χ0v) is 15.8. The van der Waals surface area contributed by atoms with Crippen molar-refractivity contribution >= 4 is 18.4 Å². The second kappa shape index (κ2) is 7.16. The maximum Gasteiger partial charge on any atom is 0.219 e. The molecule has 0 fully saturated rings. The van der Waals surface area contributed by atoms with Gasteiger partial charge < -0.3 is 4.42 Å². The third kappa shape index (κ3) is 3.39. The Morgan fingerprint density at radius 2 is 2.00 bits per heavy atom. The van der Waals surface area contributed by atoms with E-state index in [1.54, 1.807) is 23.2 Å². The highest BCUT2D eigenvalue weighted by Crippen LogP contribution is 2.18. The number of furan rings is 1. The molecule has 4 aromatic rings. The van der Waals surface area contributed by atoms with Gasteiger partial charge in [0.25, 0.3) is 0 Å². The maximum atomic E-state index is 5.40. The molecule has 0 saturated carbocycles. The van der Waals surface area contributed by atoms with Crippen LogP contribution in [0.2, 0.25) is 0 Å². The number of H-pyrrole nitrogens is 1. The molecule has 4 rings (SSSR count). The summed E-state index contributed by atoms with van der Waals surface area (Å²) in [6.45, 7) is 4.72. The van der Waals surface area contributed by atoms with E-state index in [9.17, 15) is 0 Å². The van der Waals surface area contributed by atoms with Crippen molar-refractivity contribution in [3.8, 4) is 11.6 Å². The van der Waals surface area contributed by atoms with Crippen LogP contribution >= 0.6 is 12.2 Å². The summed E-state index contributed by atoms with van der Waals surface area (Å²) in [6.07, 6.45) is 3.35. The van der Waals surface area contributed by atoms with Gasteiger partial charge in [-0.1, -0.05) is 30.3 Å². The molecule has 1 aromatic carbocycles. The molecule has 1 N–H and O–H groups in total. The topological polar surface area (TPSA) is 76.9 Å². The number of aromatic nitrogens is 5. The number of aryl methyl sites for hydroxylation is 1. The van der Waals surface area contributed by atoms with Gasteiger partial charge in [0.1, 0.15) is 0 Å². The number of benzene rings is 1. The summed E-state index contributed by atoms with van der Waals surface area (Å²) in [5.41, 5.74) is 4.10. The molecule has 0 unspecified atom stereocenters.